The van der Waals surface area contributed by atoms with E-state index in [1.165, 1.54) is 37.7 Å². The molecule has 2 unspecified atom stereocenters. The van der Waals surface area contributed by atoms with E-state index in [2.05, 4.69) is 25.7 Å². The second-order valence-corrected chi connectivity index (χ2v) is 5.04. The normalized spacial score (nSPS) is 25.6. The molecule has 2 heteroatoms. The van der Waals surface area contributed by atoms with E-state index in [-0.39, 0.29) is 0 Å². The van der Waals surface area contributed by atoms with Crippen LogP contribution in [0.5, 0.6) is 0 Å². The summed E-state index contributed by atoms with van der Waals surface area (Å²) in [5.74, 6) is 0.727. The molecule has 0 heterocycles. The van der Waals surface area contributed by atoms with Crippen molar-refractivity contribution in [3.05, 3.63) is 12.2 Å². The van der Waals surface area contributed by atoms with Gasteiger partial charge in [0.05, 0.1) is 12.7 Å². The molecule has 1 fully saturated rings. The molecule has 0 aromatic rings. The minimum absolute atomic E-state index is 0.469. The van der Waals surface area contributed by atoms with Crippen LogP contribution in [0.2, 0.25) is 0 Å². The topological polar surface area (TPSA) is 21.3 Å². The van der Waals surface area contributed by atoms with E-state index < -0.39 is 0 Å². The summed E-state index contributed by atoms with van der Waals surface area (Å²) < 4.78 is 5.95. The first-order chi connectivity index (χ1) is 7.74. The Hall–Kier alpha value is -0.340. The summed E-state index contributed by atoms with van der Waals surface area (Å²) in [6.07, 6.45) is 6.91. The van der Waals surface area contributed by atoms with E-state index >= 15 is 0 Å². The number of ether oxygens (including phenoxy) is 1. The van der Waals surface area contributed by atoms with Gasteiger partial charge in [0.15, 0.2) is 0 Å². The van der Waals surface area contributed by atoms with Crippen LogP contribution in [0.15, 0.2) is 12.2 Å². The molecule has 1 N–H and O–H groups in total. The third-order valence-corrected chi connectivity index (χ3v) is 3.34. The molecule has 0 aromatic heterocycles. The van der Waals surface area contributed by atoms with E-state index in [0.29, 0.717) is 6.10 Å². The van der Waals surface area contributed by atoms with Crippen LogP contribution in [0.1, 0.15) is 46.0 Å². The van der Waals surface area contributed by atoms with Crippen molar-refractivity contribution in [2.45, 2.75) is 52.1 Å². The Morgan fingerprint density at radius 3 is 2.81 bits per heavy atom. The lowest BCUT2D eigenvalue weighted by molar-refractivity contribution is 0.00665. The lowest BCUT2D eigenvalue weighted by atomic mass is 9.88. The van der Waals surface area contributed by atoms with Crippen LogP contribution in [0.3, 0.4) is 0 Å². The first-order valence-electron chi connectivity index (χ1n) is 6.73. The molecule has 1 rings (SSSR count). The van der Waals surface area contributed by atoms with Crippen LogP contribution in [0.25, 0.3) is 0 Å². The molecule has 94 valence electrons. The fourth-order valence-electron chi connectivity index (χ4n) is 2.25. The summed E-state index contributed by atoms with van der Waals surface area (Å²) in [6, 6.07) is 0. The van der Waals surface area contributed by atoms with E-state index in [0.717, 1.165) is 25.6 Å². The maximum absolute atomic E-state index is 5.95. The molecular weight excluding hydrogens is 198 g/mol. The van der Waals surface area contributed by atoms with Crippen molar-refractivity contribution in [1.82, 2.24) is 5.32 Å². The third-order valence-electron chi connectivity index (χ3n) is 3.34. The molecule has 0 bridgehead atoms. The van der Waals surface area contributed by atoms with E-state index in [1.807, 2.05) is 0 Å². The van der Waals surface area contributed by atoms with Crippen molar-refractivity contribution in [2.24, 2.45) is 5.92 Å². The van der Waals surface area contributed by atoms with Crippen LogP contribution in [0, 0.1) is 5.92 Å². The predicted octanol–water partition coefficient (Wildman–Crippen LogP) is 3.14. The highest BCUT2D eigenvalue weighted by Crippen LogP contribution is 2.26. The molecule has 0 aliphatic heterocycles. The monoisotopic (exact) mass is 225 g/mol. The van der Waals surface area contributed by atoms with E-state index in [9.17, 15) is 0 Å². The minimum atomic E-state index is 0.469. The Balaban J connectivity index is 2.10. The number of nitrogens with one attached hydrogen (secondary N) is 1. The van der Waals surface area contributed by atoms with Crippen LogP contribution >= 0.6 is 0 Å². The molecule has 16 heavy (non-hydrogen) atoms. The Morgan fingerprint density at radius 2 is 2.12 bits per heavy atom. The molecule has 2 nitrogen and oxygen atoms in total. The highest BCUT2D eigenvalue weighted by Gasteiger charge is 2.21. The van der Waals surface area contributed by atoms with Gasteiger partial charge < -0.3 is 10.1 Å². The van der Waals surface area contributed by atoms with Gasteiger partial charge in [-0.2, -0.15) is 0 Å². The van der Waals surface area contributed by atoms with Gasteiger partial charge in [0, 0.05) is 6.54 Å². The highest BCUT2D eigenvalue weighted by atomic mass is 16.5. The molecule has 0 spiro atoms. The van der Waals surface area contributed by atoms with Gasteiger partial charge in [-0.3, -0.25) is 0 Å². The maximum Gasteiger partial charge on any atom is 0.0690 e. The molecule has 1 aliphatic carbocycles. The fraction of sp³-hybridized carbons (Fsp3) is 0.857. The summed E-state index contributed by atoms with van der Waals surface area (Å²) in [4.78, 5) is 0. The van der Waals surface area contributed by atoms with Gasteiger partial charge in [-0.1, -0.05) is 33.3 Å². The quantitative estimate of drug-likeness (QED) is 0.531. The maximum atomic E-state index is 5.95. The average molecular weight is 225 g/mol. The number of hydrogen-bond acceptors (Lipinski definition) is 2. The zero-order chi connectivity index (χ0) is 11.8. The van der Waals surface area contributed by atoms with Crippen LogP contribution in [-0.2, 0) is 4.74 Å². The Labute approximate surface area is 100 Å². The standard InChI is InChI=1S/C14H27NO/c1-4-9-15-10-12(2)11-16-14-8-6-5-7-13(14)3/h13-15H,2,4-11H2,1,3H3. The number of hydrogen-bond donors (Lipinski definition) is 1. The lowest BCUT2D eigenvalue weighted by Crippen LogP contribution is -2.27. The first-order valence-corrected chi connectivity index (χ1v) is 6.73. The minimum Gasteiger partial charge on any atom is -0.374 e. The van der Waals surface area contributed by atoms with Crippen molar-refractivity contribution in [3.8, 4) is 0 Å². The smallest absolute Gasteiger partial charge is 0.0690 e. The van der Waals surface area contributed by atoms with E-state index in [1.54, 1.807) is 0 Å². The Kier molecular flexibility index (Phi) is 6.74. The zero-order valence-electron chi connectivity index (χ0n) is 10.9. The van der Waals surface area contributed by atoms with Gasteiger partial charge in [0.25, 0.3) is 0 Å². The summed E-state index contributed by atoms with van der Waals surface area (Å²) in [7, 11) is 0. The molecule has 0 aromatic carbocycles. The predicted molar refractivity (Wildman–Crippen MR) is 69.7 cm³/mol. The van der Waals surface area contributed by atoms with Gasteiger partial charge in [-0.25, -0.2) is 0 Å². The molecular formula is C14H27NO. The number of rotatable bonds is 7. The van der Waals surface area contributed by atoms with Gasteiger partial charge in [0.2, 0.25) is 0 Å². The Bertz CT molecular complexity index is 203. The molecule has 0 radical (unpaired) electrons. The van der Waals surface area contributed by atoms with Gasteiger partial charge in [-0.05, 0) is 37.3 Å². The van der Waals surface area contributed by atoms with Crippen molar-refractivity contribution in [2.75, 3.05) is 19.7 Å². The lowest BCUT2D eigenvalue weighted by Gasteiger charge is -2.29. The first kappa shape index (κ1) is 13.7. The van der Waals surface area contributed by atoms with Gasteiger partial charge in [0.1, 0.15) is 0 Å². The van der Waals surface area contributed by atoms with Crippen molar-refractivity contribution in [3.63, 3.8) is 0 Å². The van der Waals surface area contributed by atoms with E-state index in [4.69, 9.17) is 4.74 Å². The molecule has 2 atom stereocenters. The van der Waals surface area contributed by atoms with Crippen molar-refractivity contribution < 1.29 is 4.74 Å². The Morgan fingerprint density at radius 1 is 1.38 bits per heavy atom. The summed E-state index contributed by atoms with van der Waals surface area (Å²) >= 11 is 0. The van der Waals surface area contributed by atoms with Crippen molar-refractivity contribution in [1.29, 1.82) is 0 Å². The second kappa shape index (κ2) is 7.86. The summed E-state index contributed by atoms with van der Waals surface area (Å²) in [6.45, 7) is 11.2. The largest absolute Gasteiger partial charge is 0.374 e. The highest BCUT2D eigenvalue weighted by molar-refractivity contribution is 4.97. The van der Waals surface area contributed by atoms with Crippen molar-refractivity contribution >= 4 is 0 Å². The third kappa shape index (κ3) is 5.13. The molecule has 0 amide bonds. The average Bonchev–Trinajstić information content (AvgIpc) is 2.28. The van der Waals surface area contributed by atoms with Crippen LogP contribution in [0.4, 0.5) is 0 Å². The summed E-state index contributed by atoms with van der Waals surface area (Å²) in [5, 5.41) is 3.35. The zero-order valence-corrected chi connectivity index (χ0v) is 10.9. The van der Waals surface area contributed by atoms with Gasteiger partial charge in [-0.15, -0.1) is 0 Å². The molecule has 1 aliphatic rings. The van der Waals surface area contributed by atoms with Crippen LogP contribution in [-0.4, -0.2) is 25.8 Å². The summed E-state index contributed by atoms with van der Waals surface area (Å²) in [5.41, 5.74) is 1.17. The van der Waals surface area contributed by atoms with Gasteiger partial charge >= 0.3 is 0 Å². The molecule has 1 saturated carbocycles. The fourth-order valence-corrected chi connectivity index (χ4v) is 2.25. The SMILES string of the molecule is C=C(CNCCC)COC1CCCCC1C. The molecule has 0 saturated heterocycles. The van der Waals surface area contributed by atoms with Crippen LogP contribution < -0.4 is 5.32 Å². The second-order valence-electron chi connectivity index (χ2n) is 5.04.